The Morgan fingerprint density at radius 2 is 1.52 bits per heavy atom. The van der Waals surface area contributed by atoms with Crippen molar-refractivity contribution >= 4 is 7.68 Å². The van der Waals surface area contributed by atoms with Gasteiger partial charge in [0.05, 0.1) is 0 Å². The maximum absolute atomic E-state index is 12.3. The minimum absolute atomic E-state index is 0.243. The van der Waals surface area contributed by atoms with E-state index in [9.17, 15) is 9.13 Å². The fourth-order valence-electron chi connectivity index (χ4n) is 6.78. The van der Waals surface area contributed by atoms with E-state index in [4.69, 9.17) is 14.5 Å². The van der Waals surface area contributed by atoms with Gasteiger partial charge in [-0.2, -0.15) is 4.89 Å². The first-order chi connectivity index (χ1) is 12.1. The van der Waals surface area contributed by atoms with Crippen molar-refractivity contribution < 1.29 is 23.6 Å². The van der Waals surface area contributed by atoms with Gasteiger partial charge in [0.2, 0.25) is 5.60 Å². The number of hydrogen-bond acceptors (Lipinski definition) is 5. The maximum atomic E-state index is 12.3. The summed E-state index contributed by atoms with van der Waals surface area (Å²) in [6.45, 7) is 0. The van der Waals surface area contributed by atoms with Gasteiger partial charge < -0.3 is 4.74 Å². The van der Waals surface area contributed by atoms with Crippen LogP contribution < -0.4 is 0 Å². The number of benzene rings is 1. The summed E-state index contributed by atoms with van der Waals surface area (Å²) in [4.78, 5) is 11.1. The Balaban J connectivity index is 1.73. The largest absolute Gasteiger partial charge is 0.383 e. The first kappa shape index (κ1) is 16.2. The Morgan fingerprint density at radius 1 is 0.960 bits per heavy atom. The van der Waals surface area contributed by atoms with Gasteiger partial charge in [0.15, 0.2) is 0 Å². The van der Waals surface area contributed by atoms with E-state index in [1.165, 1.54) is 26.4 Å². The highest BCUT2D eigenvalue weighted by atomic mass is 31.1. The third kappa shape index (κ3) is 1.85. The summed E-state index contributed by atoms with van der Waals surface area (Å²) < 4.78 is 30.2. The first-order valence-electron chi connectivity index (χ1n) is 9.17. The molecule has 2 unspecified atom stereocenters. The summed E-state index contributed by atoms with van der Waals surface area (Å²) in [5.41, 5.74) is -2.21. The van der Waals surface area contributed by atoms with Crippen molar-refractivity contribution in [1.29, 1.82) is 0 Å². The minimum atomic E-state index is -2.99. The van der Waals surface area contributed by atoms with Gasteiger partial charge in [-0.05, 0) is 61.8 Å². The molecule has 5 fully saturated rings. The molecule has 1 saturated heterocycles. The van der Waals surface area contributed by atoms with Gasteiger partial charge in [-0.3, -0.25) is 0 Å². The highest BCUT2D eigenvalue weighted by Gasteiger charge is 2.80. The summed E-state index contributed by atoms with van der Waals surface area (Å²) in [6.07, 6.45) is 6.79. The molecule has 5 aliphatic rings. The lowest BCUT2D eigenvalue weighted by molar-refractivity contribution is -0.611. The molecule has 1 aliphatic heterocycles. The third-order valence-corrected chi connectivity index (χ3v) is 8.26. The second-order valence-electron chi connectivity index (χ2n) is 8.45. The monoisotopic (exact) mass is 362 g/mol. The average Bonchev–Trinajstić information content (AvgIpc) is 2.54. The summed E-state index contributed by atoms with van der Waals surface area (Å²) >= 11 is 0. The molecule has 0 amide bonds. The Morgan fingerprint density at radius 3 is 1.92 bits per heavy atom. The van der Waals surface area contributed by atoms with E-state index in [0.29, 0.717) is 17.8 Å². The van der Waals surface area contributed by atoms with Crippen LogP contribution in [0.1, 0.15) is 44.1 Å². The van der Waals surface area contributed by atoms with Crippen LogP contribution in [0.2, 0.25) is 0 Å². The summed E-state index contributed by atoms with van der Waals surface area (Å²) in [6, 6.07) is 9.69. The van der Waals surface area contributed by atoms with E-state index in [-0.39, 0.29) is 5.41 Å². The van der Waals surface area contributed by atoms with Crippen molar-refractivity contribution in [3.05, 3.63) is 35.9 Å². The molecule has 2 atom stereocenters. The molecular formula is C19H23O5P. The van der Waals surface area contributed by atoms with Gasteiger partial charge in [0.25, 0.3) is 0 Å². The molecule has 134 valence electrons. The zero-order valence-corrected chi connectivity index (χ0v) is 15.2. The lowest BCUT2D eigenvalue weighted by atomic mass is 9.44. The molecular weight excluding hydrogens is 339 g/mol. The Labute approximate surface area is 147 Å². The Bertz CT molecular complexity index is 713. The lowest BCUT2D eigenvalue weighted by Gasteiger charge is -2.67. The normalized spacial score (nSPS) is 47.5. The van der Waals surface area contributed by atoms with Crippen molar-refractivity contribution in [3.63, 3.8) is 0 Å². The van der Waals surface area contributed by atoms with Gasteiger partial charge in [0, 0.05) is 12.5 Å². The predicted octanol–water partition coefficient (Wildman–Crippen LogP) is 4.53. The van der Waals surface area contributed by atoms with Crippen molar-refractivity contribution in [2.45, 2.75) is 49.7 Å². The smallest absolute Gasteiger partial charge is 0.337 e. The first-order valence-corrected chi connectivity index (χ1v) is 10.3. The van der Waals surface area contributed by atoms with Gasteiger partial charge in [-0.15, -0.1) is 0 Å². The molecule has 1 aromatic rings. The molecule has 1 heterocycles. The fraction of sp³-hybridized carbons (Fsp3) is 0.684. The van der Waals surface area contributed by atoms with Gasteiger partial charge >= 0.3 is 13.2 Å². The SMILES string of the molecule is COC1(P(=O)=O)OOC1(c1ccccc1)C12CC3CC(CC(C3)C1)C2. The number of methoxy groups -OCH3 is 1. The van der Waals surface area contributed by atoms with E-state index in [2.05, 4.69) is 0 Å². The summed E-state index contributed by atoms with van der Waals surface area (Å²) in [7, 11) is -1.58. The second-order valence-corrected chi connectivity index (χ2v) is 9.56. The topological polar surface area (TPSA) is 61.8 Å². The van der Waals surface area contributed by atoms with Crippen LogP contribution in [-0.4, -0.2) is 12.6 Å². The van der Waals surface area contributed by atoms with Crippen LogP contribution >= 0.6 is 7.68 Å². The van der Waals surface area contributed by atoms with Crippen molar-refractivity contribution in [3.8, 4) is 0 Å². The van der Waals surface area contributed by atoms with Crippen LogP contribution in [0.15, 0.2) is 30.3 Å². The molecule has 0 aromatic heterocycles. The van der Waals surface area contributed by atoms with Crippen LogP contribution in [-0.2, 0) is 29.2 Å². The molecule has 4 aliphatic carbocycles. The highest BCUT2D eigenvalue weighted by molar-refractivity contribution is 7.32. The van der Waals surface area contributed by atoms with Crippen LogP contribution in [0.4, 0.5) is 0 Å². The van der Waals surface area contributed by atoms with Crippen LogP contribution in [0, 0.1) is 23.2 Å². The molecule has 4 bridgehead atoms. The Kier molecular flexibility index (Phi) is 3.41. The molecule has 0 spiro atoms. The quantitative estimate of drug-likeness (QED) is 0.582. The zero-order chi connectivity index (χ0) is 17.3. The van der Waals surface area contributed by atoms with E-state index >= 15 is 0 Å². The maximum Gasteiger partial charge on any atom is 0.383 e. The predicted molar refractivity (Wildman–Crippen MR) is 88.9 cm³/mol. The van der Waals surface area contributed by atoms with Crippen LogP contribution in [0.3, 0.4) is 0 Å². The lowest BCUT2D eigenvalue weighted by Crippen LogP contribution is -2.73. The standard InChI is InChI=1S/C19H23O5P/c1-22-19(25(20)21)18(23-24-19,16-5-3-2-4-6-16)17-10-13-7-14(11-17)9-15(8-13)12-17/h2-6,13-15H,7-12H2,1H3. The van der Waals surface area contributed by atoms with E-state index < -0.39 is 18.8 Å². The molecule has 4 saturated carbocycles. The van der Waals surface area contributed by atoms with Crippen LogP contribution in [0.25, 0.3) is 0 Å². The molecule has 25 heavy (non-hydrogen) atoms. The van der Waals surface area contributed by atoms with E-state index in [1.807, 2.05) is 30.3 Å². The van der Waals surface area contributed by atoms with Gasteiger partial charge in [-0.25, -0.2) is 14.0 Å². The van der Waals surface area contributed by atoms with Gasteiger partial charge in [0.1, 0.15) is 0 Å². The fourth-order valence-corrected chi connectivity index (χ4v) is 7.69. The summed E-state index contributed by atoms with van der Waals surface area (Å²) in [5.74, 6) is 1.99. The Hall–Kier alpha value is -1.00. The molecule has 0 radical (unpaired) electrons. The molecule has 1 aromatic carbocycles. The molecule has 5 nitrogen and oxygen atoms in total. The van der Waals surface area contributed by atoms with Crippen LogP contribution in [0.5, 0.6) is 0 Å². The minimum Gasteiger partial charge on any atom is -0.337 e. The molecule has 6 heteroatoms. The zero-order valence-electron chi connectivity index (χ0n) is 14.3. The van der Waals surface area contributed by atoms with Gasteiger partial charge in [-0.1, -0.05) is 30.3 Å². The summed E-state index contributed by atoms with van der Waals surface area (Å²) in [5, 5.41) is 0. The van der Waals surface area contributed by atoms with E-state index in [0.717, 1.165) is 24.8 Å². The molecule has 0 N–H and O–H groups in total. The molecule has 6 rings (SSSR count). The van der Waals surface area contributed by atoms with E-state index in [1.54, 1.807) is 0 Å². The second kappa shape index (κ2) is 5.26. The number of hydrogen-bond donors (Lipinski definition) is 0. The third-order valence-electron chi connectivity index (χ3n) is 7.21. The van der Waals surface area contributed by atoms with Crippen molar-refractivity contribution in [2.75, 3.05) is 7.11 Å². The highest BCUT2D eigenvalue weighted by Crippen LogP contribution is 2.74. The average molecular weight is 362 g/mol. The number of rotatable bonds is 4. The van der Waals surface area contributed by atoms with Crippen molar-refractivity contribution in [2.24, 2.45) is 23.2 Å². The number of ether oxygens (including phenoxy) is 1. The van der Waals surface area contributed by atoms with Crippen molar-refractivity contribution in [1.82, 2.24) is 0 Å².